The van der Waals surface area contributed by atoms with Crippen molar-refractivity contribution in [2.45, 2.75) is 39.8 Å². The quantitative estimate of drug-likeness (QED) is 0.440. The first kappa shape index (κ1) is 23.8. The van der Waals surface area contributed by atoms with Gasteiger partial charge in [0.05, 0.1) is 4.47 Å². The first-order chi connectivity index (χ1) is 15.4. The number of ether oxygens (including phenoxy) is 1. The van der Waals surface area contributed by atoms with Gasteiger partial charge in [0.2, 0.25) is 5.91 Å². The highest BCUT2D eigenvalue weighted by molar-refractivity contribution is 9.10. The van der Waals surface area contributed by atoms with Gasteiger partial charge in [0, 0.05) is 13.1 Å². The van der Waals surface area contributed by atoms with E-state index in [-0.39, 0.29) is 18.4 Å². The van der Waals surface area contributed by atoms with E-state index in [2.05, 4.69) is 21.2 Å². The average Bonchev–Trinajstić information content (AvgIpc) is 2.81. The van der Waals surface area contributed by atoms with Crippen LogP contribution in [-0.2, 0) is 16.1 Å². The lowest BCUT2D eigenvalue weighted by Crippen LogP contribution is -2.49. The molecule has 1 N–H and O–H groups in total. The van der Waals surface area contributed by atoms with Crippen LogP contribution < -0.4 is 10.1 Å². The normalized spacial score (nSPS) is 11.8. The molecule has 0 aliphatic rings. The SMILES string of the molecule is CCCNC(=O)C(C)N(Cc1ccccc1C)C(=O)COc1ccc2ccccc2c1Br. The summed E-state index contributed by atoms with van der Waals surface area (Å²) in [6, 6.07) is 19.0. The zero-order valence-electron chi connectivity index (χ0n) is 18.7. The zero-order chi connectivity index (χ0) is 23.1. The topological polar surface area (TPSA) is 58.6 Å². The number of halogens is 1. The first-order valence-corrected chi connectivity index (χ1v) is 11.6. The van der Waals surface area contributed by atoms with Crippen LogP contribution in [0.2, 0.25) is 0 Å². The number of aryl methyl sites for hydroxylation is 1. The van der Waals surface area contributed by atoms with Gasteiger partial charge in [-0.25, -0.2) is 0 Å². The number of nitrogens with zero attached hydrogens (tertiary/aromatic N) is 1. The van der Waals surface area contributed by atoms with Crippen LogP contribution in [0.25, 0.3) is 10.8 Å². The molecule has 0 saturated heterocycles. The summed E-state index contributed by atoms with van der Waals surface area (Å²) in [7, 11) is 0. The molecule has 0 saturated carbocycles. The van der Waals surface area contributed by atoms with Gasteiger partial charge < -0.3 is 15.0 Å². The fourth-order valence-electron chi connectivity index (χ4n) is 3.50. The second kappa shape index (κ2) is 11.1. The first-order valence-electron chi connectivity index (χ1n) is 10.8. The Hall–Kier alpha value is -2.86. The van der Waals surface area contributed by atoms with E-state index < -0.39 is 6.04 Å². The van der Waals surface area contributed by atoms with E-state index in [9.17, 15) is 9.59 Å². The fraction of sp³-hybridized carbons (Fsp3) is 0.308. The number of carbonyl (C=O) groups excluding carboxylic acids is 2. The lowest BCUT2D eigenvalue weighted by atomic mass is 10.1. The van der Waals surface area contributed by atoms with E-state index in [4.69, 9.17) is 4.74 Å². The summed E-state index contributed by atoms with van der Waals surface area (Å²) in [6.07, 6.45) is 0.837. The Bertz CT molecular complexity index is 1100. The minimum absolute atomic E-state index is 0.159. The van der Waals surface area contributed by atoms with E-state index in [1.165, 1.54) is 0 Å². The third kappa shape index (κ3) is 5.68. The van der Waals surface area contributed by atoms with Gasteiger partial charge in [-0.05, 0) is 64.2 Å². The molecule has 0 bridgehead atoms. The molecule has 0 aromatic heterocycles. The lowest BCUT2D eigenvalue weighted by Gasteiger charge is -2.29. The average molecular weight is 497 g/mol. The number of hydrogen-bond donors (Lipinski definition) is 1. The van der Waals surface area contributed by atoms with E-state index in [1.54, 1.807) is 11.8 Å². The predicted octanol–water partition coefficient (Wildman–Crippen LogP) is 5.23. The van der Waals surface area contributed by atoms with Gasteiger partial charge in [-0.15, -0.1) is 0 Å². The largest absolute Gasteiger partial charge is 0.483 e. The van der Waals surface area contributed by atoms with E-state index in [1.807, 2.05) is 74.5 Å². The van der Waals surface area contributed by atoms with Crippen LogP contribution in [0.1, 0.15) is 31.4 Å². The van der Waals surface area contributed by atoms with Gasteiger partial charge in [-0.3, -0.25) is 9.59 Å². The van der Waals surface area contributed by atoms with Crippen LogP contribution in [-0.4, -0.2) is 35.9 Å². The lowest BCUT2D eigenvalue weighted by molar-refractivity contribution is -0.142. The minimum atomic E-state index is -0.614. The number of nitrogens with one attached hydrogen (secondary N) is 1. The Balaban J connectivity index is 1.79. The number of benzene rings is 3. The molecule has 3 aromatic carbocycles. The molecule has 2 amide bonds. The highest BCUT2D eigenvalue weighted by Crippen LogP contribution is 2.33. The zero-order valence-corrected chi connectivity index (χ0v) is 20.3. The summed E-state index contributed by atoms with van der Waals surface area (Å²) >= 11 is 3.60. The fourth-order valence-corrected chi connectivity index (χ4v) is 4.10. The third-order valence-corrected chi connectivity index (χ3v) is 6.32. The highest BCUT2D eigenvalue weighted by Gasteiger charge is 2.27. The molecule has 1 unspecified atom stereocenters. The Morgan fingerprint density at radius 3 is 2.53 bits per heavy atom. The predicted molar refractivity (Wildman–Crippen MR) is 132 cm³/mol. The molecule has 3 aromatic rings. The second-order valence-electron chi connectivity index (χ2n) is 7.80. The molecule has 0 aliphatic heterocycles. The van der Waals surface area contributed by atoms with Crippen molar-refractivity contribution >= 4 is 38.5 Å². The standard InChI is InChI=1S/C26H29BrN2O3/c1-4-15-28-26(31)19(3)29(16-21-11-6-5-9-18(21)2)24(30)17-32-23-14-13-20-10-7-8-12-22(20)25(23)27/h5-14,19H,4,15-17H2,1-3H3,(H,28,31). The summed E-state index contributed by atoms with van der Waals surface area (Å²) in [5.74, 6) is 0.184. The number of rotatable bonds is 9. The van der Waals surface area contributed by atoms with E-state index >= 15 is 0 Å². The monoisotopic (exact) mass is 496 g/mol. The smallest absolute Gasteiger partial charge is 0.261 e. The van der Waals surface area contributed by atoms with Gasteiger partial charge in [0.25, 0.3) is 5.91 Å². The summed E-state index contributed by atoms with van der Waals surface area (Å²) in [5.41, 5.74) is 2.08. The van der Waals surface area contributed by atoms with Crippen molar-refractivity contribution in [2.75, 3.05) is 13.2 Å². The van der Waals surface area contributed by atoms with Crippen molar-refractivity contribution < 1.29 is 14.3 Å². The number of fused-ring (bicyclic) bond motifs is 1. The van der Waals surface area contributed by atoms with Gasteiger partial charge in [-0.1, -0.05) is 61.5 Å². The molecule has 3 rings (SSSR count). The van der Waals surface area contributed by atoms with Gasteiger partial charge in [0.1, 0.15) is 11.8 Å². The Morgan fingerprint density at radius 2 is 1.78 bits per heavy atom. The summed E-state index contributed by atoms with van der Waals surface area (Å²) < 4.78 is 6.70. The molecule has 0 heterocycles. The van der Waals surface area contributed by atoms with Crippen molar-refractivity contribution in [3.8, 4) is 5.75 Å². The molecule has 0 radical (unpaired) electrons. The molecule has 5 nitrogen and oxygen atoms in total. The molecule has 168 valence electrons. The summed E-state index contributed by atoms with van der Waals surface area (Å²) in [6.45, 7) is 6.52. The molecule has 0 fully saturated rings. The van der Waals surface area contributed by atoms with E-state index in [0.29, 0.717) is 18.8 Å². The van der Waals surface area contributed by atoms with Crippen LogP contribution in [0.3, 0.4) is 0 Å². The number of carbonyl (C=O) groups is 2. The summed E-state index contributed by atoms with van der Waals surface area (Å²) in [4.78, 5) is 27.5. The van der Waals surface area contributed by atoms with Crippen LogP contribution >= 0.6 is 15.9 Å². The van der Waals surface area contributed by atoms with Crippen LogP contribution in [0.15, 0.2) is 65.1 Å². The van der Waals surface area contributed by atoms with Crippen molar-refractivity contribution in [3.05, 3.63) is 76.3 Å². The molecular weight excluding hydrogens is 468 g/mol. The van der Waals surface area contributed by atoms with Gasteiger partial charge >= 0.3 is 0 Å². The Kier molecular flexibility index (Phi) is 8.28. The number of hydrogen-bond acceptors (Lipinski definition) is 3. The van der Waals surface area contributed by atoms with Crippen molar-refractivity contribution in [3.63, 3.8) is 0 Å². The number of amides is 2. The van der Waals surface area contributed by atoms with Crippen LogP contribution in [0.5, 0.6) is 5.75 Å². The van der Waals surface area contributed by atoms with Crippen LogP contribution in [0, 0.1) is 6.92 Å². The molecule has 1 atom stereocenters. The van der Waals surface area contributed by atoms with Crippen LogP contribution in [0.4, 0.5) is 0 Å². The van der Waals surface area contributed by atoms with Crippen molar-refractivity contribution in [2.24, 2.45) is 0 Å². The summed E-state index contributed by atoms with van der Waals surface area (Å²) in [5, 5.41) is 4.99. The Labute approximate surface area is 197 Å². The molecule has 0 aliphatic carbocycles. The maximum atomic E-state index is 13.2. The molecule has 0 spiro atoms. The maximum Gasteiger partial charge on any atom is 0.261 e. The third-order valence-electron chi connectivity index (χ3n) is 5.50. The molecule has 32 heavy (non-hydrogen) atoms. The molecular formula is C26H29BrN2O3. The minimum Gasteiger partial charge on any atom is -0.483 e. The van der Waals surface area contributed by atoms with Gasteiger partial charge in [-0.2, -0.15) is 0 Å². The Morgan fingerprint density at radius 1 is 1.06 bits per heavy atom. The van der Waals surface area contributed by atoms with Gasteiger partial charge in [0.15, 0.2) is 6.61 Å². The van der Waals surface area contributed by atoms with E-state index in [0.717, 1.165) is 32.8 Å². The van der Waals surface area contributed by atoms with Crippen molar-refractivity contribution in [1.82, 2.24) is 10.2 Å². The van der Waals surface area contributed by atoms with Crippen molar-refractivity contribution in [1.29, 1.82) is 0 Å². The molecule has 6 heteroatoms. The second-order valence-corrected chi connectivity index (χ2v) is 8.60. The highest BCUT2D eigenvalue weighted by atomic mass is 79.9. The maximum absolute atomic E-state index is 13.2.